The van der Waals surface area contributed by atoms with Crippen molar-refractivity contribution in [2.45, 2.75) is 48.5 Å². The average Bonchev–Trinajstić information content (AvgIpc) is 2.80. The second-order valence-corrected chi connectivity index (χ2v) is 5.01. The molecule has 36 heavy (non-hydrogen) atoms. The summed E-state index contributed by atoms with van der Waals surface area (Å²) < 4.78 is 13.3. The SMILES string of the molecule is C=CC.C=CC.C=CC.C=CC.C=CC.C=CC.C=CC.COCCO.COCCO.COCCO. The maximum absolute atomic E-state index is 7.94. The highest BCUT2D eigenvalue weighted by Crippen LogP contribution is 1.57. The van der Waals surface area contributed by atoms with Crippen molar-refractivity contribution in [1.29, 1.82) is 0 Å². The first kappa shape index (κ1) is 64.3. The number of rotatable bonds is 6. The summed E-state index contributed by atoms with van der Waals surface area (Å²) in [6.45, 7) is 38.4. The molecule has 0 bridgehead atoms. The Hall–Kier alpha value is -2.06. The van der Waals surface area contributed by atoms with Crippen LogP contribution in [0.15, 0.2) is 88.6 Å². The number of allylic oxidation sites excluding steroid dienone is 7. The van der Waals surface area contributed by atoms with Crippen LogP contribution in [0.3, 0.4) is 0 Å². The summed E-state index contributed by atoms with van der Waals surface area (Å²) in [5, 5.41) is 23.8. The first-order valence-electron chi connectivity index (χ1n) is 11.4. The van der Waals surface area contributed by atoms with E-state index < -0.39 is 0 Å². The average molecular weight is 523 g/mol. The molecule has 0 aromatic carbocycles. The van der Waals surface area contributed by atoms with Crippen molar-refractivity contribution >= 4 is 0 Å². The van der Waals surface area contributed by atoms with Gasteiger partial charge in [0.1, 0.15) is 0 Å². The number of methoxy groups -OCH3 is 3. The smallest absolute Gasteiger partial charge is 0.0693 e. The van der Waals surface area contributed by atoms with E-state index in [2.05, 4.69) is 60.3 Å². The number of ether oxygens (including phenoxy) is 3. The van der Waals surface area contributed by atoms with Crippen LogP contribution in [0.2, 0.25) is 0 Å². The first-order valence-corrected chi connectivity index (χ1v) is 11.4. The largest absolute Gasteiger partial charge is 0.394 e. The Morgan fingerprint density at radius 3 is 0.472 bits per heavy atom. The standard InChI is InChI=1S/3C3H8O2.7C3H6/c3*1-5-3-2-4;7*1-3-2/h3*4H,2-3H2,1H3;7*3H,1H2,2H3. The maximum atomic E-state index is 7.94. The van der Waals surface area contributed by atoms with Gasteiger partial charge in [-0.3, -0.25) is 0 Å². The zero-order chi connectivity index (χ0) is 31.3. The zero-order valence-electron chi connectivity index (χ0n) is 25.8. The molecule has 0 aromatic heterocycles. The molecule has 0 radical (unpaired) electrons. The van der Waals surface area contributed by atoms with Crippen LogP contribution in [-0.4, -0.2) is 76.3 Å². The Kier molecular flexibility index (Phi) is 309. The van der Waals surface area contributed by atoms with E-state index in [0.717, 1.165) is 0 Å². The number of hydrogen-bond donors (Lipinski definition) is 3. The van der Waals surface area contributed by atoms with Gasteiger partial charge >= 0.3 is 0 Å². The lowest BCUT2D eigenvalue weighted by molar-refractivity contribution is 0.135. The van der Waals surface area contributed by atoms with Crippen LogP contribution in [0.25, 0.3) is 0 Å². The summed E-state index contributed by atoms with van der Waals surface area (Å²) in [7, 11) is 4.66. The minimum Gasteiger partial charge on any atom is -0.394 e. The van der Waals surface area contributed by atoms with E-state index in [1.807, 2.05) is 48.5 Å². The van der Waals surface area contributed by atoms with Crippen molar-refractivity contribution in [2.75, 3.05) is 61.0 Å². The van der Waals surface area contributed by atoms with Crippen molar-refractivity contribution in [3.8, 4) is 0 Å². The van der Waals surface area contributed by atoms with Gasteiger partial charge in [0.15, 0.2) is 0 Å². The topological polar surface area (TPSA) is 88.4 Å². The van der Waals surface area contributed by atoms with E-state index in [-0.39, 0.29) is 19.8 Å². The van der Waals surface area contributed by atoms with Crippen molar-refractivity contribution in [1.82, 2.24) is 0 Å². The lowest BCUT2D eigenvalue weighted by Gasteiger charge is -1.84. The van der Waals surface area contributed by atoms with Gasteiger partial charge < -0.3 is 29.5 Å². The van der Waals surface area contributed by atoms with Crippen LogP contribution in [0.5, 0.6) is 0 Å². The van der Waals surface area contributed by atoms with Crippen molar-refractivity contribution in [3.05, 3.63) is 88.6 Å². The third-order valence-corrected chi connectivity index (χ3v) is 0.886. The van der Waals surface area contributed by atoms with Gasteiger partial charge in [0, 0.05) is 21.3 Å². The third kappa shape index (κ3) is 1970. The summed E-state index contributed by atoms with van der Waals surface area (Å²) in [6, 6.07) is 0. The first-order chi connectivity index (χ1) is 17.1. The maximum Gasteiger partial charge on any atom is 0.0693 e. The second-order valence-electron chi connectivity index (χ2n) is 5.01. The Morgan fingerprint density at radius 2 is 0.472 bits per heavy atom. The summed E-state index contributed by atoms with van der Waals surface area (Å²) in [5.74, 6) is 0. The molecule has 0 rings (SSSR count). The molecule has 6 heteroatoms. The molecular weight excluding hydrogens is 456 g/mol. The quantitative estimate of drug-likeness (QED) is 0.319. The number of aliphatic hydroxyl groups excluding tert-OH is 3. The van der Waals surface area contributed by atoms with E-state index in [1.54, 1.807) is 63.9 Å². The van der Waals surface area contributed by atoms with Gasteiger partial charge in [0.05, 0.1) is 39.6 Å². The molecule has 0 aliphatic carbocycles. The minimum atomic E-state index is 0.122. The molecule has 222 valence electrons. The molecule has 0 saturated heterocycles. The van der Waals surface area contributed by atoms with Crippen molar-refractivity contribution < 1.29 is 29.5 Å². The molecule has 0 spiro atoms. The lowest BCUT2D eigenvalue weighted by Crippen LogP contribution is -1.91. The van der Waals surface area contributed by atoms with E-state index in [0.29, 0.717) is 19.8 Å². The van der Waals surface area contributed by atoms with Crippen LogP contribution in [0, 0.1) is 0 Å². The molecular formula is C30H66O6. The highest BCUT2D eigenvalue weighted by atomic mass is 16.5. The highest BCUT2D eigenvalue weighted by Gasteiger charge is 1.68. The number of hydrogen-bond acceptors (Lipinski definition) is 6. The van der Waals surface area contributed by atoms with Crippen LogP contribution < -0.4 is 0 Å². The molecule has 6 nitrogen and oxygen atoms in total. The van der Waals surface area contributed by atoms with E-state index >= 15 is 0 Å². The van der Waals surface area contributed by atoms with Crippen molar-refractivity contribution in [3.63, 3.8) is 0 Å². The Labute approximate surface area is 227 Å². The molecule has 0 aliphatic rings. The lowest BCUT2D eigenvalue weighted by atomic mass is 10.8. The highest BCUT2D eigenvalue weighted by molar-refractivity contribution is 4.53. The summed E-state index contributed by atoms with van der Waals surface area (Å²) in [4.78, 5) is 0. The predicted molar refractivity (Wildman–Crippen MR) is 168 cm³/mol. The number of aliphatic hydroxyl groups is 3. The fraction of sp³-hybridized carbons (Fsp3) is 0.533. The molecule has 0 aromatic rings. The Morgan fingerprint density at radius 1 is 0.389 bits per heavy atom. The van der Waals surface area contributed by atoms with Gasteiger partial charge in [0.2, 0.25) is 0 Å². The summed E-state index contributed by atoms with van der Waals surface area (Å²) >= 11 is 0. The normalized spacial score (nSPS) is 6.03. The third-order valence-electron chi connectivity index (χ3n) is 0.886. The molecule has 3 N–H and O–H groups in total. The van der Waals surface area contributed by atoms with Crippen LogP contribution in [0.4, 0.5) is 0 Å². The molecule has 0 fully saturated rings. The van der Waals surface area contributed by atoms with Gasteiger partial charge in [-0.05, 0) is 48.5 Å². The fourth-order valence-electron chi connectivity index (χ4n) is 0.274. The molecule has 0 amide bonds. The summed E-state index contributed by atoms with van der Waals surface area (Å²) in [5.41, 5.74) is 0. The molecule has 0 unspecified atom stereocenters. The molecule has 0 aliphatic heterocycles. The zero-order valence-corrected chi connectivity index (χ0v) is 25.8. The van der Waals surface area contributed by atoms with Gasteiger partial charge in [-0.25, -0.2) is 0 Å². The molecule has 0 atom stereocenters. The van der Waals surface area contributed by atoms with Crippen LogP contribution >= 0.6 is 0 Å². The van der Waals surface area contributed by atoms with Crippen molar-refractivity contribution in [2.24, 2.45) is 0 Å². The molecule has 0 heterocycles. The van der Waals surface area contributed by atoms with Crippen LogP contribution in [-0.2, 0) is 14.2 Å². The van der Waals surface area contributed by atoms with E-state index in [4.69, 9.17) is 15.3 Å². The minimum absolute atomic E-state index is 0.122. The van der Waals surface area contributed by atoms with E-state index in [9.17, 15) is 0 Å². The fourth-order valence-corrected chi connectivity index (χ4v) is 0.274. The van der Waals surface area contributed by atoms with Gasteiger partial charge in [-0.15, -0.1) is 46.1 Å². The van der Waals surface area contributed by atoms with Gasteiger partial charge in [-0.1, -0.05) is 42.5 Å². The monoisotopic (exact) mass is 522 g/mol. The second kappa shape index (κ2) is 173. The van der Waals surface area contributed by atoms with E-state index in [1.165, 1.54) is 0 Å². The Bertz CT molecular complexity index is 225. The molecule has 0 saturated carbocycles. The van der Waals surface area contributed by atoms with Gasteiger partial charge in [-0.2, -0.15) is 0 Å². The van der Waals surface area contributed by atoms with Crippen LogP contribution in [0.1, 0.15) is 48.5 Å². The van der Waals surface area contributed by atoms with Gasteiger partial charge in [0.25, 0.3) is 0 Å². The predicted octanol–water partition coefficient (Wildman–Crippen LogP) is 7.22. The summed E-state index contributed by atoms with van der Waals surface area (Å²) in [6.07, 6.45) is 12.2. The Balaban J connectivity index is -0.0000000264.